The van der Waals surface area contributed by atoms with Crippen LogP contribution in [0.25, 0.3) is 22.6 Å². The van der Waals surface area contributed by atoms with Gasteiger partial charge in [0.25, 0.3) is 0 Å². The smallest absolute Gasteiger partial charge is 0.227 e. The highest BCUT2D eigenvalue weighted by atomic mass is 32.1. The number of nitrogens with zero attached hydrogens (tertiary/aromatic N) is 3. The van der Waals surface area contributed by atoms with Crippen molar-refractivity contribution < 1.29 is 14.1 Å². The zero-order valence-corrected chi connectivity index (χ0v) is 18.4. The minimum atomic E-state index is -0.140. The van der Waals surface area contributed by atoms with Crippen LogP contribution in [0.1, 0.15) is 22.1 Å². The molecule has 4 aromatic rings. The van der Waals surface area contributed by atoms with E-state index in [1.54, 1.807) is 18.4 Å². The average Bonchev–Trinajstić information content (AvgIpc) is 3.47. The highest BCUT2D eigenvalue weighted by Gasteiger charge is 2.14. The van der Waals surface area contributed by atoms with Crippen LogP contribution in [-0.2, 0) is 11.2 Å². The molecule has 0 aliphatic heterocycles. The summed E-state index contributed by atoms with van der Waals surface area (Å²) < 4.78 is 10.4. The third kappa shape index (κ3) is 4.58. The van der Waals surface area contributed by atoms with Gasteiger partial charge in [0.05, 0.1) is 12.8 Å². The van der Waals surface area contributed by atoms with Gasteiger partial charge in [-0.05, 0) is 44.2 Å². The molecule has 0 saturated carbocycles. The minimum absolute atomic E-state index is 0.140. The predicted octanol–water partition coefficient (Wildman–Crippen LogP) is 5.12. The first kappa shape index (κ1) is 20.2. The summed E-state index contributed by atoms with van der Waals surface area (Å²) >= 11 is 3.16. The van der Waals surface area contributed by atoms with Crippen molar-refractivity contribution in [2.45, 2.75) is 26.7 Å². The molecular formula is C21H20N4O3S2. The van der Waals surface area contributed by atoms with Gasteiger partial charge in [0.1, 0.15) is 5.75 Å². The van der Waals surface area contributed by atoms with Crippen molar-refractivity contribution in [1.29, 1.82) is 0 Å². The topological polar surface area (TPSA) is 90.1 Å². The van der Waals surface area contributed by atoms with Crippen molar-refractivity contribution in [2.24, 2.45) is 0 Å². The molecule has 1 N–H and O–H groups in total. The van der Waals surface area contributed by atoms with Crippen molar-refractivity contribution >= 4 is 33.7 Å². The minimum Gasteiger partial charge on any atom is -0.497 e. The standard InChI is InChI=1S/C21H20N4O3S2/c1-12-10-16(13(2)30-12)17-11-29-21(22-17)23-18(26)8-9-19-24-20(25-28-19)14-4-6-15(27-3)7-5-14/h4-7,10-11H,8-9H2,1-3H3,(H,22,23,26). The molecule has 154 valence electrons. The Hall–Kier alpha value is -3.04. The monoisotopic (exact) mass is 440 g/mol. The maximum absolute atomic E-state index is 12.3. The lowest BCUT2D eigenvalue weighted by Crippen LogP contribution is -2.12. The van der Waals surface area contributed by atoms with Crippen LogP contribution in [0.2, 0.25) is 0 Å². The molecular weight excluding hydrogens is 420 g/mol. The van der Waals surface area contributed by atoms with Crippen LogP contribution in [0.4, 0.5) is 5.13 Å². The molecule has 0 aliphatic carbocycles. The Balaban J connectivity index is 1.33. The van der Waals surface area contributed by atoms with E-state index in [9.17, 15) is 4.79 Å². The van der Waals surface area contributed by atoms with E-state index in [0.717, 1.165) is 22.6 Å². The number of rotatable bonds is 7. The normalized spacial score (nSPS) is 10.9. The van der Waals surface area contributed by atoms with Gasteiger partial charge in [0.2, 0.25) is 17.6 Å². The molecule has 9 heteroatoms. The van der Waals surface area contributed by atoms with Crippen molar-refractivity contribution in [3.05, 3.63) is 51.4 Å². The van der Waals surface area contributed by atoms with Crippen LogP contribution in [0, 0.1) is 13.8 Å². The molecule has 0 bridgehead atoms. The second kappa shape index (κ2) is 8.76. The van der Waals surface area contributed by atoms with Crippen molar-refractivity contribution in [1.82, 2.24) is 15.1 Å². The molecule has 0 spiro atoms. The number of aromatic nitrogens is 3. The Morgan fingerprint density at radius 3 is 2.70 bits per heavy atom. The molecule has 4 rings (SSSR count). The number of thiazole rings is 1. The van der Waals surface area contributed by atoms with Crippen LogP contribution in [0.15, 0.2) is 40.2 Å². The largest absolute Gasteiger partial charge is 0.497 e. The van der Waals surface area contributed by atoms with E-state index in [4.69, 9.17) is 9.26 Å². The number of benzene rings is 1. The third-order valence-corrected chi connectivity index (χ3v) is 6.17. The first-order valence-electron chi connectivity index (χ1n) is 9.31. The zero-order valence-electron chi connectivity index (χ0n) is 16.8. The molecule has 0 saturated heterocycles. The molecule has 1 amide bonds. The Morgan fingerprint density at radius 2 is 2.00 bits per heavy atom. The average molecular weight is 441 g/mol. The lowest BCUT2D eigenvalue weighted by atomic mass is 10.2. The molecule has 0 atom stereocenters. The van der Waals surface area contributed by atoms with E-state index in [-0.39, 0.29) is 12.3 Å². The van der Waals surface area contributed by atoms with Crippen LogP contribution >= 0.6 is 22.7 Å². The Kier molecular flexibility index (Phi) is 5.91. The number of carbonyl (C=O) groups excluding carboxylic acids is 1. The van der Waals surface area contributed by atoms with Crippen LogP contribution in [0.3, 0.4) is 0 Å². The van der Waals surface area contributed by atoms with Gasteiger partial charge in [-0.2, -0.15) is 4.98 Å². The third-order valence-electron chi connectivity index (χ3n) is 4.45. The molecule has 3 heterocycles. The number of thiophene rings is 1. The molecule has 0 radical (unpaired) electrons. The fourth-order valence-electron chi connectivity index (χ4n) is 2.96. The summed E-state index contributed by atoms with van der Waals surface area (Å²) in [7, 11) is 1.61. The van der Waals surface area contributed by atoms with Crippen molar-refractivity contribution in [3.8, 4) is 28.4 Å². The second-order valence-corrected chi connectivity index (χ2v) is 8.97. The highest BCUT2D eigenvalue weighted by molar-refractivity contribution is 7.14. The summed E-state index contributed by atoms with van der Waals surface area (Å²) in [6, 6.07) is 9.50. The van der Waals surface area contributed by atoms with Gasteiger partial charge < -0.3 is 14.6 Å². The molecule has 0 aliphatic rings. The maximum Gasteiger partial charge on any atom is 0.227 e. The van der Waals surface area contributed by atoms with Gasteiger partial charge in [-0.25, -0.2) is 4.98 Å². The number of anilines is 1. The summed E-state index contributed by atoms with van der Waals surface area (Å²) in [6.07, 6.45) is 0.589. The fourth-order valence-corrected chi connectivity index (χ4v) is 4.62. The van der Waals surface area contributed by atoms with Gasteiger partial charge in [-0.1, -0.05) is 5.16 Å². The van der Waals surface area contributed by atoms with Crippen molar-refractivity contribution in [2.75, 3.05) is 12.4 Å². The Labute approximate surface area is 181 Å². The summed E-state index contributed by atoms with van der Waals surface area (Å²) in [5.41, 5.74) is 2.83. The lowest BCUT2D eigenvalue weighted by Gasteiger charge is -1.99. The molecule has 7 nitrogen and oxygen atoms in total. The quantitative estimate of drug-likeness (QED) is 0.429. The Morgan fingerprint density at radius 1 is 1.20 bits per heavy atom. The van der Waals surface area contributed by atoms with E-state index in [2.05, 4.69) is 40.4 Å². The molecule has 1 aromatic carbocycles. The molecule has 30 heavy (non-hydrogen) atoms. The SMILES string of the molecule is COc1ccc(-c2noc(CCC(=O)Nc3nc(-c4cc(C)sc4C)cs3)n2)cc1. The summed E-state index contributed by atoms with van der Waals surface area (Å²) in [5.74, 6) is 1.52. The van der Waals surface area contributed by atoms with Gasteiger partial charge in [-0.3, -0.25) is 4.79 Å². The number of hydrogen-bond donors (Lipinski definition) is 1. The van der Waals surface area contributed by atoms with Gasteiger partial charge in [0, 0.05) is 39.1 Å². The van der Waals surface area contributed by atoms with E-state index in [0.29, 0.717) is 23.3 Å². The molecule has 3 aromatic heterocycles. The number of nitrogens with one attached hydrogen (secondary N) is 1. The van der Waals surface area contributed by atoms with Gasteiger partial charge >= 0.3 is 0 Å². The molecule has 0 unspecified atom stereocenters. The Bertz CT molecular complexity index is 1160. The van der Waals surface area contributed by atoms with Gasteiger partial charge in [0.15, 0.2) is 5.13 Å². The van der Waals surface area contributed by atoms with Gasteiger partial charge in [-0.15, -0.1) is 22.7 Å². The van der Waals surface area contributed by atoms with Crippen LogP contribution in [0.5, 0.6) is 5.75 Å². The van der Waals surface area contributed by atoms with Crippen molar-refractivity contribution in [3.63, 3.8) is 0 Å². The first-order valence-corrected chi connectivity index (χ1v) is 11.0. The lowest BCUT2D eigenvalue weighted by molar-refractivity contribution is -0.116. The number of aryl methyl sites for hydroxylation is 3. The first-order chi connectivity index (χ1) is 14.5. The van der Waals surface area contributed by atoms with E-state index in [1.165, 1.54) is 21.1 Å². The fraction of sp³-hybridized carbons (Fsp3) is 0.238. The predicted molar refractivity (Wildman–Crippen MR) is 118 cm³/mol. The zero-order chi connectivity index (χ0) is 21.1. The summed E-state index contributed by atoms with van der Waals surface area (Å²) in [4.78, 5) is 23.7. The second-order valence-electron chi connectivity index (χ2n) is 6.65. The van der Waals surface area contributed by atoms with Crippen LogP contribution < -0.4 is 10.1 Å². The van der Waals surface area contributed by atoms with E-state index < -0.39 is 0 Å². The van der Waals surface area contributed by atoms with E-state index >= 15 is 0 Å². The van der Waals surface area contributed by atoms with E-state index in [1.807, 2.05) is 29.6 Å². The summed E-state index contributed by atoms with van der Waals surface area (Å²) in [6.45, 7) is 4.16. The molecule has 0 fully saturated rings. The van der Waals surface area contributed by atoms with Crippen LogP contribution in [-0.4, -0.2) is 28.1 Å². The summed E-state index contributed by atoms with van der Waals surface area (Å²) in [5, 5.41) is 9.38. The number of amides is 1. The number of hydrogen-bond acceptors (Lipinski definition) is 8. The number of carbonyl (C=O) groups is 1. The number of methoxy groups -OCH3 is 1. The number of ether oxygens (including phenoxy) is 1. The maximum atomic E-state index is 12.3. The highest BCUT2D eigenvalue weighted by Crippen LogP contribution is 2.32.